The van der Waals surface area contributed by atoms with Crippen molar-refractivity contribution < 1.29 is 19.8 Å². The third-order valence-electron chi connectivity index (χ3n) is 4.04. The van der Waals surface area contributed by atoms with Gasteiger partial charge in [0.2, 0.25) is 5.91 Å². The Hall–Kier alpha value is -1.10. The molecule has 96 valence electrons. The number of hydrogen-bond donors (Lipinski definition) is 2. The summed E-state index contributed by atoms with van der Waals surface area (Å²) >= 11 is 0. The molecular weight excluding hydrogens is 222 g/mol. The zero-order chi connectivity index (χ0) is 12.7. The van der Waals surface area contributed by atoms with Gasteiger partial charge in [-0.1, -0.05) is 13.8 Å². The van der Waals surface area contributed by atoms with Crippen molar-refractivity contribution in [1.29, 1.82) is 0 Å². The topological polar surface area (TPSA) is 77.8 Å². The molecule has 2 rings (SSSR count). The smallest absolute Gasteiger partial charge is 0.326 e. The fraction of sp³-hybridized carbons (Fsp3) is 0.833. The number of hydrogen-bond acceptors (Lipinski definition) is 3. The van der Waals surface area contributed by atoms with Crippen LogP contribution in [0.25, 0.3) is 0 Å². The molecule has 0 aromatic carbocycles. The van der Waals surface area contributed by atoms with Crippen molar-refractivity contribution in [3.05, 3.63) is 0 Å². The first-order chi connectivity index (χ1) is 7.93. The fourth-order valence-corrected chi connectivity index (χ4v) is 3.07. The summed E-state index contributed by atoms with van der Waals surface area (Å²) in [6.07, 6.45) is 0.935. The van der Waals surface area contributed by atoms with E-state index >= 15 is 0 Å². The Balaban J connectivity index is 2.24. The van der Waals surface area contributed by atoms with Crippen molar-refractivity contribution in [2.24, 2.45) is 11.8 Å². The molecule has 17 heavy (non-hydrogen) atoms. The van der Waals surface area contributed by atoms with Crippen LogP contribution in [-0.4, -0.2) is 45.2 Å². The monoisotopic (exact) mass is 241 g/mol. The van der Waals surface area contributed by atoms with Crippen LogP contribution in [0, 0.1) is 11.8 Å². The maximum Gasteiger partial charge on any atom is 0.326 e. The van der Waals surface area contributed by atoms with Crippen LogP contribution in [0.2, 0.25) is 0 Å². The fourth-order valence-electron chi connectivity index (χ4n) is 3.07. The Morgan fingerprint density at radius 2 is 2.06 bits per heavy atom. The molecule has 0 radical (unpaired) electrons. The lowest BCUT2D eigenvalue weighted by Crippen LogP contribution is -2.52. The lowest BCUT2D eigenvalue weighted by molar-refractivity contribution is -0.155. The van der Waals surface area contributed by atoms with Gasteiger partial charge in [-0.05, 0) is 18.8 Å². The first-order valence-corrected chi connectivity index (χ1v) is 6.16. The van der Waals surface area contributed by atoms with E-state index in [0.29, 0.717) is 6.42 Å². The van der Waals surface area contributed by atoms with Gasteiger partial charge >= 0.3 is 5.97 Å². The number of carbonyl (C=O) groups is 2. The zero-order valence-electron chi connectivity index (χ0n) is 10.2. The second-order valence-electron chi connectivity index (χ2n) is 5.40. The lowest BCUT2D eigenvalue weighted by atomic mass is 9.84. The van der Waals surface area contributed by atoms with Gasteiger partial charge in [-0.15, -0.1) is 0 Å². The molecule has 2 saturated heterocycles. The van der Waals surface area contributed by atoms with E-state index in [9.17, 15) is 14.7 Å². The largest absolute Gasteiger partial charge is 0.480 e. The van der Waals surface area contributed by atoms with Crippen molar-refractivity contribution in [1.82, 2.24) is 4.90 Å². The van der Waals surface area contributed by atoms with Crippen LogP contribution in [-0.2, 0) is 9.59 Å². The average Bonchev–Trinajstić information content (AvgIpc) is 2.57. The van der Waals surface area contributed by atoms with Crippen molar-refractivity contribution in [3.63, 3.8) is 0 Å². The first kappa shape index (κ1) is 12.4. The number of aliphatic hydroxyl groups excluding tert-OH is 1. The summed E-state index contributed by atoms with van der Waals surface area (Å²) in [7, 11) is 0. The van der Waals surface area contributed by atoms with E-state index in [1.165, 1.54) is 4.90 Å². The lowest BCUT2D eigenvalue weighted by Gasteiger charge is -2.38. The number of piperidine rings is 1. The van der Waals surface area contributed by atoms with Gasteiger partial charge in [0.1, 0.15) is 6.04 Å². The predicted molar refractivity (Wildman–Crippen MR) is 60.2 cm³/mol. The van der Waals surface area contributed by atoms with E-state index in [-0.39, 0.29) is 30.2 Å². The Morgan fingerprint density at radius 3 is 2.59 bits per heavy atom. The van der Waals surface area contributed by atoms with Crippen LogP contribution in [0.4, 0.5) is 0 Å². The van der Waals surface area contributed by atoms with Gasteiger partial charge in [0.15, 0.2) is 0 Å². The van der Waals surface area contributed by atoms with E-state index in [1.807, 2.05) is 13.8 Å². The minimum absolute atomic E-state index is 0.0970. The normalized spacial score (nSPS) is 37.4. The highest BCUT2D eigenvalue weighted by molar-refractivity contribution is 5.87. The number of amides is 1. The SMILES string of the molecule is CC(C)[C@H]1CC[C@@H]2[C@H](O)C[C@@H](C(=O)O)N2C1=O. The number of fused-ring (bicyclic) bond motifs is 1. The Labute approximate surface area is 100 Å². The van der Waals surface area contributed by atoms with Gasteiger partial charge < -0.3 is 15.1 Å². The molecule has 2 heterocycles. The number of nitrogens with zero attached hydrogens (tertiary/aromatic N) is 1. The number of aliphatic hydroxyl groups is 1. The molecule has 2 N–H and O–H groups in total. The Kier molecular flexibility index (Phi) is 3.12. The number of aliphatic carboxylic acids is 1. The molecule has 2 aliphatic heterocycles. The molecule has 0 unspecified atom stereocenters. The standard InChI is InChI=1S/C12H19NO4/c1-6(2)7-3-4-8-10(14)5-9(12(16)17)13(8)11(7)15/h6-10,14H,3-5H2,1-2H3,(H,16,17)/t7-,8-,9+,10-/m1/s1. The van der Waals surface area contributed by atoms with Gasteiger partial charge in [-0.2, -0.15) is 0 Å². The summed E-state index contributed by atoms with van der Waals surface area (Å²) in [4.78, 5) is 24.8. The summed E-state index contributed by atoms with van der Waals surface area (Å²) in [6.45, 7) is 3.95. The van der Waals surface area contributed by atoms with E-state index in [4.69, 9.17) is 5.11 Å². The summed E-state index contributed by atoms with van der Waals surface area (Å²) in [6, 6.07) is -1.14. The van der Waals surface area contributed by atoms with Gasteiger partial charge in [0, 0.05) is 12.3 Å². The zero-order valence-corrected chi connectivity index (χ0v) is 10.2. The third-order valence-corrected chi connectivity index (χ3v) is 4.04. The van der Waals surface area contributed by atoms with E-state index < -0.39 is 18.1 Å². The molecule has 2 fully saturated rings. The van der Waals surface area contributed by atoms with Crippen LogP contribution in [0.3, 0.4) is 0 Å². The summed E-state index contributed by atoms with van der Waals surface area (Å²) in [5.74, 6) is -0.987. The Morgan fingerprint density at radius 1 is 1.41 bits per heavy atom. The molecule has 0 aromatic heterocycles. The molecule has 5 heteroatoms. The summed E-state index contributed by atoms with van der Waals surface area (Å²) in [5.41, 5.74) is 0. The first-order valence-electron chi connectivity index (χ1n) is 6.16. The van der Waals surface area contributed by atoms with Gasteiger partial charge in [0.25, 0.3) is 0 Å². The van der Waals surface area contributed by atoms with Crippen LogP contribution >= 0.6 is 0 Å². The molecule has 0 bridgehead atoms. The highest BCUT2D eigenvalue weighted by Crippen LogP contribution is 2.37. The highest BCUT2D eigenvalue weighted by Gasteiger charge is 2.50. The predicted octanol–water partition coefficient (Wildman–Crippen LogP) is 0.467. The maximum atomic E-state index is 12.3. The minimum Gasteiger partial charge on any atom is -0.480 e. The van der Waals surface area contributed by atoms with Gasteiger partial charge in [0.05, 0.1) is 12.1 Å². The second kappa shape index (κ2) is 4.29. The highest BCUT2D eigenvalue weighted by atomic mass is 16.4. The second-order valence-corrected chi connectivity index (χ2v) is 5.40. The van der Waals surface area contributed by atoms with E-state index in [0.717, 1.165) is 6.42 Å². The molecule has 5 nitrogen and oxygen atoms in total. The van der Waals surface area contributed by atoms with E-state index in [1.54, 1.807) is 0 Å². The average molecular weight is 241 g/mol. The summed E-state index contributed by atoms with van der Waals surface area (Å²) in [5, 5.41) is 18.9. The maximum absolute atomic E-state index is 12.3. The van der Waals surface area contributed by atoms with Crippen molar-refractivity contribution in [3.8, 4) is 0 Å². The summed E-state index contributed by atoms with van der Waals surface area (Å²) < 4.78 is 0. The van der Waals surface area contributed by atoms with Crippen molar-refractivity contribution in [2.75, 3.05) is 0 Å². The molecular formula is C12H19NO4. The molecule has 0 spiro atoms. The molecule has 4 atom stereocenters. The third kappa shape index (κ3) is 1.92. The molecule has 0 aliphatic carbocycles. The quantitative estimate of drug-likeness (QED) is 0.736. The number of rotatable bonds is 2. The molecule has 0 aromatic rings. The molecule has 2 aliphatic rings. The minimum atomic E-state index is -1.01. The number of carbonyl (C=O) groups excluding carboxylic acids is 1. The van der Waals surface area contributed by atoms with Gasteiger partial charge in [-0.3, -0.25) is 4.79 Å². The molecule has 1 amide bonds. The number of carboxylic acids is 1. The van der Waals surface area contributed by atoms with Crippen LogP contribution in [0.1, 0.15) is 33.1 Å². The van der Waals surface area contributed by atoms with Crippen molar-refractivity contribution in [2.45, 2.75) is 51.3 Å². The van der Waals surface area contributed by atoms with E-state index in [2.05, 4.69) is 0 Å². The van der Waals surface area contributed by atoms with Crippen LogP contribution in [0.15, 0.2) is 0 Å². The van der Waals surface area contributed by atoms with Crippen molar-refractivity contribution >= 4 is 11.9 Å². The molecule has 0 saturated carbocycles. The Bertz CT molecular complexity index is 341. The number of carboxylic acid groups (broad SMARTS) is 1. The van der Waals surface area contributed by atoms with Crippen LogP contribution in [0.5, 0.6) is 0 Å². The van der Waals surface area contributed by atoms with Crippen LogP contribution < -0.4 is 0 Å². The van der Waals surface area contributed by atoms with Gasteiger partial charge in [-0.25, -0.2) is 4.79 Å².